The lowest BCUT2D eigenvalue weighted by Crippen LogP contribution is -2.49. The standard InChI is InChI=1S/C22H21IN4O2/c1-29-19-4-2-3-17(15-19)20-9-10-21(25-24-20)26-11-13-27(14-12-26)22(28)16-5-7-18(23)8-6-16/h2-10,15H,11-14H2,1H3. The smallest absolute Gasteiger partial charge is 0.253 e. The molecule has 1 saturated heterocycles. The van der Waals surface area contributed by atoms with E-state index < -0.39 is 0 Å². The molecule has 1 aromatic heterocycles. The summed E-state index contributed by atoms with van der Waals surface area (Å²) in [4.78, 5) is 16.7. The van der Waals surface area contributed by atoms with E-state index in [0.717, 1.165) is 45.0 Å². The SMILES string of the molecule is COc1cccc(-c2ccc(N3CCN(C(=O)c4ccc(I)cc4)CC3)nn2)c1. The molecule has 1 aliphatic heterocycles. The van der Waals surface area contributed by atoms with Crippen LogP contribution in [0.5, 0.6) is 5.75 Å². The van der Waals surface area contributed by atoms with Gasteiger partial charge in [0.05, 0.1) is 12.8 Å². The van der Waals surface area contributed by atoms with Crippen molar-refractivity contribution >= 4 is 34.3 Å². The van der Waals surface area contributed by atoms with E-state index in [1.54, 1.807) is 7.11 Å². The maximum atomic E-state index is 12.7. The van der Waals surface area contributed by atoms with Gasteiger partial charge in [-0.15, -0.1) is 10.2 Å². The first-order valence-electron chi connectivity index (χ1n) is 9.42. The van der Waals surface area contributed by atoms with Crippen LogP contribution in [-0.4, -0.2) is 54.3 Å². The molecule has 0 atom stereocenters. The summed E-state index contributed by atoms with van der Waals surface area (Å²) >= 11 is 2.24. The normalized spacial score (nSPS) is 14.0. The molecule has 0 saturated carbocycles. The Bertz CT molecular complexity index is 984. The second kappa shape index (κ2) is 8.77. The van der Waals surface area contributed by atoms with Crippen LogP contribution in [-0.2, 0) is 0 Å². The van der Waals surface area contributed by atoms with Crippen LogP contribution in [0.2, 0.25) is 0 Å². The van der Waals surface area contributed by atoms with Crippen LogP contribution >= 0.6 is 22.6 Å². The van der Waals surface area contributed by atoms with Gasteiger partial charge in [0.25, 0.3) is 5.91 Å². The average molecular weight is 500 g/mol. The zero-order valence-electron chi connectivity index (χ0n) is 16.1. The molecule has 0 unspecified atom stereocenters. The van der Waals surface area contributed by atoms with Gasteiger partial charge in [0.15, 0.2) is 5.82 Å². The predicted octanol–water partition coefficient (Wildman–Crippen LogP) is 3.72. The molecule has 0 spiro atoms. The van der Waals surface area contributed by atoms with Crippen molar-refractivity contribution in [1.29, 1.82) is 0 Å². The summed E-state index contributed by atoms with van der Waals surface area (Å²) in [5.74, 6) is 1.71. The van der Waals surface area contributed by atoms with Crippen LogP contribution in [0, 0.1) is 3.57 Å². The van der Waals surface area contributed by atoms with Gasteiger partial charge in [-0.25, -0.2) is 0 Å². The molecule has 0 bridgehead atoms. The van der Waals surface area contributed by atoms with Gasteiger partial charge in [0, 0.05) is 40.9 Å². The van der Waals surface area contributed by atoms with Crippen LogP contribution in [0.4, 0.5) is 5.82 Å². The van der Waals surface area contributed by atoms with Gasteiger partial charge in [0.2, 0.25) is 0 Å². The summed E-state index contributed by atoms with van der Waals surface area (Å²) in [5, 5.41) is 8.78. The minimum atomic E-state index is 0.0838. The Labute approximate surface area is 183 Å². The fourth-order valence-corrected chi connectivity index (χ4v) is 3.70. The number of halogens is 1. The fraction of sp³-hybridized carbons (Fsp3) is 0.227. The number of aromatic nitrogens is 2. The molecule has 0 aliphatic carbocycles. The number of benzene rings is 2. The van der Waals surface area contributed by atoms with Gasteiger partial charge < -0.3 is 14.5 Å². The van der Waals surface area contributed by atoms with Crippen molar-refractivity contribution in [3.8, 4) is 17.0 Å². The first kappa shape index (κ1) is 19.6. The Hall–Kier alpha value is -2.68. The number of piperazine rings is 1. The summed E-state index contributed by atoms with van der Waals surface area (Å²) < 4.78 is 6.40. The molecular weight excluding hydrogens is 479 g/mol. The van der Waals surface area contributed by atoms with Crippen LogP contribution in [0.25, 0.3) is 11.3 Å². The number of nitrogens with zero attached hydrogens (tertiary/aromatic N) is 4. The molecule has 6 nitrogen and oxygen atoms in total. The van der Waals surface area contributed by atoms with Gasteiger partial charge in [-0.05, 0) is 71.1 Å². The summed E-state index contributed by atoms with van der Waals surface area (Å²) in [6.07, 6.45) is 0. The molecule has 29 heavy (non-hydrogen) atoms. The van der Waals surface area contributed by atoms with E-state index in [2.05, 4.69) is 37.7 Å². The minimum Gasteiger partial charge on any atom is -0.497 e. The molecule has 2 heterocycles. The van der Waals surface area contributed by atoms with Crippen molar-refractivity contribution in [2.45, 2.75) is 0 Å². The lowest BCUT2D eigenvalue weighted by Gasteiger charge is -2.35. The number of hydrogen-bond acceptors (Lipinski definition) is 5. The van der Waals surface area contributed by atoms with E-state index in [1.165, 1.54) is 0 Å². The first-order chi connectivity index (χ1) is 14.1. The Morgan fingerprint density at radius 2 is 1.72 bits per heavy atom. The van der Waals surface area contributed by atoms with Crippen LogP contribution in [0.3, 0.4) is 0 Å². The summed E-state index contributed by atoms with van der Waals surface area (Å²) in [5.41, 5.74) is 2.51. The average Bonchev–Trinajstić information content (AvgIpc) is 2.79. The number of anilines is 1. The van der Waals surface area contributed by atoms with Gasteiger partial charge >= 0.3 is 0 Å². The maximum absolute atomic E-state index is 12.7. The van der Waals surface area contributed by atoms with E-state index in [-0.39, 0.29) is 5.91 Å². The van der Waals surface area contributed by atoms with Gasteiger partial charge in [0.1, 0.15) is 5.75 Å². The molecular formula is C22H21IN4O2. The number of methoxy groups -OCH3 is 1. The number of ether oxygens (including phenoxy) is 1. The number of hydrogen-bond donors (Lipinski definition) is 0. The Morgan fingerprint density at radius 3 is 2.38 bits per heavy atom. The van der Waals surface area contributed by atoms with E-state index in [4.69, 9.17) is 4.74 Å². The van der Waals surface area contributed by atoms with Gasteiger partial charge in [-0.3, -0.25) is 4.79 Å². The lowest BCUT2D eigenvalue weighted by molar-refractivity contribution is 0.0746. The topological polar surface area (TPSA) is 58.6 Å². The third-order valence-electron chi connectivity index (χ3n) is 5.00. The van der Waals surface area contributed by atoms with Crippen molar-refractivity contribution in [2.24, 2.45) is 0 Å². The third kappa shape index (κ3) is 4.50. The summed E-state index contributed by atoms with van der Waals surface area (Å²) in [6.45, 7) is 2.82. The van der Waals surface area contributed by atoms with Crippen molar-refractivity contribution in [3.63, 3.8) is 0 Å². The zero-order valence-corrected chi connectivity index (χ0v) is 18.2. The fourth-order valence-electron chi connectivity index (χ4n) is 3.34. The van der Waals surface area contributed by atoms with Gasteiger partial charge in [-0.2, -0.15) is 0 Å². The highest BCUT2D eigenvalue weighted by Gasteiger charge is 2.23. The Kier molecular flexibility index (Phi) is 5.94. The van der Waals surface area contributed by atoms with E-state index in [9.17, 15) is 4.79 Å². The highest BCUT2D eigenvalue weighted by Crippen LogP contribution is 2.23. The molecule has 3 aromatic rings. The first-order valence-corrected chi connectivity index (χ1v) is 10.5. The highest BCUT2D eigenvalue weighted by atomic mass is 127. The van der Waals surface area contributed by atoms with E-state index in [1.807, 2.05) is 65.6 Å². The molecule has 0 radical (unpaired) electrons. The largest absolute Gasteiger partial charge is 0.497 e. The molecule has 4 rings (SSSR count). The second-order valence-corrected chi connectivity index (χ2v) is 8.04. The van der Waals surface area contributed by atoms with Crippen molar-refractivity contribution in [2.75, 3.05) is 38.2 Å². The maximum Gasteiger partial charge on any atom is 0.253 e. The van der Waals surface area contributed by atoms with Gasteiger partial charge in [-0.1, -0.05) is 12.1 Å². The molecule has 148 valence electrons. The molecule has 7 heteroatoms. The lowest BCUT2D eigenvalue weighted by atomic mass is 10.1. The Balaban J connectivity index is 1.39. The number of amides is 1. The molecule has 1 fully saturated rings. The monoisotopic (exact) mass is 500 g/mol. The minimum absolute atomic E-state index is 0.0838. The summed E-state index contributed by atoms with van der Waals surface area (Å²) in [6, 6.07) is 19.4. The van der Waals surface area contributed by atoms with Crippen LogP contribution in [0.1, 0.15) is 10.4 Å². The van der Waals surface area contributed by atoms with Crippen molar-refractivity contribution in [1.82, 2.24) is 15.1 Å². The predicted molar refractivity (Wildman–Crippen MR) is 121 cm³/mol. The van der Waals surface area contributed by atoms with E-state index >= 15 is 0 Å². The molecule has 2 aromatic carbocycles. The number of carbonyl (C=O) groups excluding carboxylic acids is 1. The molecule has 0 N–H and O–H groups in total. The number of rotatable bonds is 4. The quantitative estimate of drug-likeness (QED) is 0.512. The summed E-state index contributed by atoms with van der Waals surface area (Å²) in [7, 11) is 1.65. The van der Waals surface area contributed by atoms with Crippen LogP contribution < -0.4 is 9.64 Å². The van der Waals surface area contributed by atoms with Crippen molar-refractivity contribution in [3.05, 3.63) is 69.8 Å². The molecule has 1 aliphatic rings. The zero-order chi connectivity index (χ0) is 20.2. The van der Waals surface area contributed by atoms with Crippen molar-refractivity contribution < 1.29 is 9.53 Å². The molecule has 1 amide bonds. The third-order valence-corrected chi connectivity index (χ3v) is 5.72. The Morgan fingerprint density at radius 1 is 0.966 bits per heavy atom. The second-order valence-electron chi connectivity index (χ2n) is 6.79. The van der Waals surface area contributed by atoms with E-state index in [0.29, 0.717) is 13.1 Å². The highest BCUT2D eigenvalue weighted by molar-refractivity contribution is 14.1. The van der Waals surface area contributed by atoms with Crippen LogP contribution in [0.15, 0.2) is 60.7 Å². The number of carbonyl (C=O) groups is 1.